The lowest BCUT2D eigenvalue weighted by Crippen LogP contribution is -2.40. The molecule has 0 saturated carbocycles. The number of rotatable bonds is 4. The summed E-state index contributed by atoms with van der Waals surface area (Å²) in [5, 5.41) is 3.21. The van der Waals surface area contributed by atoms with Gasteiger partial charge in [0.2, 0.25) is 0 Å². The Morgan fingerprint density at radius 1 is 1.56 bits per heavy atom. The summed E-state index contributed by atoms with van der Waals surface area (Å²) in [6.07, 6.45) is 4.70. The summed E-state index contributed by atoms with van der Waals surface area (Å²) in [7, 11) is 3.78. The largest absolute Gasteiger partial charge is 0.380 e. The zero-order chi connectivity index (χ0) is 13.0. The van der Waals surface area contributed by atoms with Crippen molar-refractivity contribution in [3.8, 4) is 0 Å². The van der Waals surface area contributed by atoms with Crippen molar-refractivity contribution in [2.75, 3.05) is 32.1 Å². The molecule has 1 aliphatic rings. The number of hydrogen-bond donors (Lipinski definition) is 1. The van der Waals surface area contributed by atoms with E-state index in [0.29, 0.717) is 6.10 Å². The van der Waals surface area contributed by atoms with Gasteiger partial charge in [0.1, 0.15) is 0 Å². The molecule has 1 aliphatic heterocycles. The Morgan fingerprint density at radius 3 is 3.11 bits per heavy atom. The first-order valence-corrected chi connectivity index (χ1v) is 6.62. The van der Waals surface area contributed by atoms with Gasteiger partial charge >= 0.3 is 0 Å². The molecule has 1 unspecified atom stereocenters. The van der Waals surface area contributed by atoms with Crippen LogP contribution in [0.5, 0.6) is 0 Å². The second-order valence-electron chi connectivity index (χ2n) is 4.93. The van der Waals surface area contributed by atoms with Crippen LogP contribution in [0.2, 0.25) is 0 Å². The molecule has 1 fully saturated rings. The zero-order valence-corrected chi connectivity index (χ0v) is 11.6. The van der Waals surface area contributed by atoms with Gasteiger partial charge in [-0.3, -0.25) is 4.98 Å². The van der Waals surface area contributed by atoms with Crippen LogP contribution in [0.3, 0.4) is 0 Å². The maximum Gasteiger partial charge on any atom is 0.0746 e. The highest BCUT2D eigenvalue weighted by atomic mass is 16.5. The third kappa shape index (κ3) is 3.00. The molecule has 0 spiro atoms. The Morgan fingerprint density at radius 2 is 2.39 bits per heavy atom. The minimum atomic E-state index is 0.356. The van der Waals surface area contributed by atoms with Crippen LogP contribution >= 0.6 is 0 Å². The van der Waals surface area contributed by atoms with Gasteiger partial charge in [0.25, 0.3) is 0 Å². The van der Waals surface area contributed by atoms with E-state index in [-0.39, 0.29) is 0 Å². The lowest BCUT2D eigenvalue weighted by atomic mass is 10.1. The lowest BCUT2D eigenvalue weighted by molar-refractivity contribution is 0.0893. The quantitative estimate of drug-likeness (QED) is 0.882. The minimum absolute atomic E-state index is 0.356. The third-order valence-corrected chi connectivity index (χ3v) is 3.52. The van der Waals surface area contributed by atoms with Crippen LogP contribution < -0.4 is 10.2 Å². The SMILES string of the molecule is CNCc1cnc(C)cc1N1CCCC(OC)C1. The van der Waals surface area contributed by atoms with Gasteiger partial charge in [0, 0.05) is 49.9 Å². The molecule has 2 rings (SSSR count). The molecule has 0 aromatic carbocycles. The highest BCUT2D eigenvalue weighted by molar-refractivity contribution is 5.54. The van der Waals surface area contributed by atoms with E-state index >= 15 is 0 Å². The Labute approximate surface area is 109 Å². The molecule has 0 amide bonds. The molecule has 0 aliphatic carbocycles. The zero-order valence-electron chi connectivity index (χ0n) is 11.6. The molecule has 1 aromatic rings. The molecule has 0 radical (unpaired) electrons. The van der Waals surface area contributed by atoms with Crippen molar-refractivity contribution in [2.24, 2.45) is 0 Å². The number of nitrogens with zero attached hydrogens (tertiary/aromatic N) is 2. The van der Waals surface area contributed by atoms with Crippen LogP contribution in [0, 0.1) is 6.92 Å². The fourth-order valence-electron chi connectivity index (χ4n) is 2.54. The first kappa shape index (κ1) is 13.3. The first-order chi connectivity index (χ1) is 8.74. The molecule has 2 heterocycles. The smallest absolute Gasteiger partial charge is 0.0746 e. The molecule has 100 valence electrons. The molecule has 1 saturated heterocycles. The van der Waals surface area contributed by atoms with Gasteiger partial charge in [0.15, 0.2) is 0 Å². The monoisotopic (exact) mass is 249 g/mol. The Bertz CT molecular complexity index is 395. The topological polar surface area (TPSA) is 37.4 Å². The average Bonchev–Trinajstić information content (AvgIpc) is 2.41. The molecule has 1 N–H and O–H groups in total. The first-order valence-electron chi connectivity index (χ1n) is 6.62. The van der Waals surface area contributed by atoms with Crippen molar-refractivity contribution < 1.29 is 4.74 Å². The van der Waals surface area contributed by atoms with E-state index in [1.54, 1.807) is 7.11 Å². The standard InChI is InChI=1S/C14H23N3O/c1-11-7-14(12(8-15-2)9-16-11)17-6-4-5-13(10-17)18-3/h7,9,13,15H,4-6,8,10H2,1-3H3. The van der Waals surface area contributed by atoms with Crippen LogP contribution in [0.15, 0.2) is 12.3 Å². The number of pyridine rings is 1. The van der Waals surface area contributed by atoms with Gasteiger partial charge < -0.3 is 15.0 Å². The van der Waals surface area contributed by atoms with E-state index in [4.69, 9.17) is 4.74 Å². The number of piperidine rings is 1. The van der Waals surface area contributed by atoms with Gasteiger partial charge in [-0.1, -0.05) is 0 Å². The van der Waals surface area contributed by atoms with Crippen LogP contribution in [0.25, 0.3) is 0 Å². The summed E-state index contributed by atoms with van der Waals surface area (Å²) in [6.45, 7) is 5.00. The fourth-order valence-corrected chi connectivity index (χ4v) is 2.54. The molecular weight excluding hydrogens is 226 g/mol. The van der Waals surface area contributed by atoms with E-state index in [1.807, 2.05) is 20.2 Å². The number of anilines is 1. The van der Waals surface area contributed by atoms with Crippen molar-refractivity contribution in [1.82, 2.24) is 10.3 Å². The van der Waals surface area contributed by atoms with E-state index in [1.165, 1.54) is 24.1 Å². The number of aromatic nitrogens is 1. The third-order valence-electron chi connectivity index (χ3n) is 3.52. The van der Waals surface area contributed by atoms with Crippen molar-refractivity contribution in [3.05, 3.63) is 23.5 Å². The number of hydrogen-bond acceptors (Lipinski definition) is 4. The summed E-state index contributed by atoms with van der Waals surface area (Å²) in [6, 6.07) is 2.19. The van der Waals surface area contributed by atoms with E-state index < -0.39 is 0 Å². The van der Waals surface area contributed by atoms with Crippen molar-refractivity contribution in [3.63, 3.8) is 0 Å². The minimum Gasteiger partial charge on any atom is -0.380 e. The van der Waals surface area contributed by atoms with Crippen LogP contribution in [-0.4, -0.2) is 38.3 Å². The normalized spacial score (nSPS) is 20.2. The number of aryl methyl sites for hydroxylation is 1. The average molecular weight is 249 g/mol. The summed E-state index contributed by atoms with van der Waals surface area (Å²) in [5.41, 5.74) is 3.64. The van der Waals surface area contributed by atoms with Gasteiger partial charge in [-0.15, -0.1) is 0 Å². The number of methoxy groups -OCH3 is 1. The fraction of sp³-hybridized carbons (Fsp3) is 0.643. The predicted molar refractivity (Wildman–Crippen MR) is 74.0 cm³/mol. The molecule has 0 bridgehead atoms. The van der Waals surface area contributed by atoms with E-state index in [0.717, 1.165) is 25.3 Å². The summed E-state index contributed by atoms with van der Waals surface area (Å²) < 4.78 is 5.50. The van der Waals surface area contributed by atoms with Gasteiger partial charge in [-0.25, -0.2) is 0 Å². The lowest BCUT2D eigenvalue weighted by Gasteiger charge is -2.35. The van der Waals surface area contributed by atoms with Crippen molar-refractivity contribution >= 4 is 5.69 Å². The second kappa shape index (κ2) is 6.16. The Kier molecular flexibility index (Phi) is 4.55. The Hall–Kier alpha value is -1.13. The number of nitrogens with one attached hydrogen (secondary N) is 1. The molecule has 1 atom stereocenters. The van der Waals surface area contributed by atoms with Gasteiger partial charge in [-0.05, 0) is 32.9 Å². The van der Waals surface area contributed by atoms with Crippen LogP contribution in [0.1, 0.15) is 24.1 Å². The highest BCUT2D eigenvalue weighted by Crippen LogP contribution is 2.25. The molecular formula is C14H23N3O. The predicted octanol–water partition coefficient (Wildman–Crippen LogP) is 1.72. The molecule has 4 nitrogen and oxygen atoms in total. The Balaban J connectivity index is 2.22. The maximum atomic E-state index is 5.50. The van der Waals surface area contributed by atoms with Gasteiger partial charge in [-0.2, -0.15) is 0 Å². The van der Waals surface area contributed by atoms with Crippen molar-refractivity contribution in [1.29, 1.82) is 0 Å². The van der Waals surface area contributed by atoms with Gasteiger partial charge in [0.05, 0.1) is 6.10 Å². The molecule has 18 heavy (non-hydrogen) atoms. The van der Waals surface area contributed by atoms with Crippen molar-refractivity contribution in [2.45, 2.75) is 32.4 Å². The highest BCUT2D eigenvalue weighted by Gasteiger charge is 2.21. The summed E-state index contributed by atoms with van der Waals surface area (Å²) in [5.74, 6) is 0. The van der Waals surface area contributed by atoms with E-state index in [9.17, 15) is 0 Å². The number of ether oxygens (including phenoxy) is 1. The summed E-state index contributed by atoms with van der Waals surface area (Å²) in [4.78, 5) is 6.82. The van der Waals surface area contributed by atoms with Crippen LogP contribution in [-0.2, 0) is 11.3 Å². The molecule has 1 aromatic heterocycles. The second-order valence-corrected chi connectivity index (χ2v) is 4.93. The van der Waals surface area contributed by atoms with Crippen LogP contribution in [0.4, 0.5) is 5.69 Å². The summed E-state index contributed by atoms with van der Waals surface area (Å²) >= 11 is 0. The maximum absolute atomic E-state index is 5.50. The van der Waals surface area contributed by atoms with E-state index in [2.05, 4.69) is 21.3 Å². The molecule has 4 heteroatoms.